The number of carbonyl (C=O) groups excluding carboxylic acids is 4. The number of rotatable bonds is 7. The van der Waals surface area contributed by atoms with Crippen LogP contribution in [0.3, 0.4) is 0 Å². The number of carbonyl (C=O) groups is 4. The van der Waals surface area contributed by atoms with Crippen LogP contribution in [0.5, 0.6) is 0 Å². The van der Waals surface area contributed by atoms with Crippen LogP contribution in [-0.2, 0) is 19.1 Å². The van der Waals surface area contributed by atoms with Gasteiger partial charge >= 0.3 is 71.1 Å². The van der Waals surface area contributed by atoms with Crippen molar-refractivity contribution in [1.82, 2.24) is 0 Å². The zero-order chi connectivity index (χ0) is 20.8. The van der Waals surface area contributed by atoms with Gasteiger partial charge in [0.2, 0.25) is 0 Å². The minimum Gasteiger partial charge on any atom is -0.546 e. The van der Waals surface area contributed by atoms with Crippen LogP contribution in [0.4, 0.5) is 0 Å². The van der Waals surface area contributed by atoms with E-state index in [0.717, 1.165) is 11.1 Å². The normalized spacial score (nSPS) is 11.7. The first-order valence-corrected chi connectivity index (χ1v) is 8.16. The monoisotopic (exact) mass is 430 g/mol. The third-order valence-corrected chi connectivity index (χ3v) is 3.78. The molecule has 0 spiro atoms. The molecule has 0 aliphatic carbocycles. The van der Waals surface area contributed by atoms with E-state index in [0.29, 0.717) is 0 Å². The second kappa shape index (κ2) is 12.9. The summed E-state index contributed by atoms with van der Waals surface area (Å²) >= 11 is 0. The predicted octanol–water partition coefficient (Wildman–Crippen LogP) is -6.44. The van der Waals surface area contributed by atoms with Crippen molar-refractivity contribution in [2.24, 2.45) is 0 Å². The number of carboxylic acid groups (broad SMARTS) is 2. The van der Waals surface area contributed by atoms with Gasteiger partial charge in [-0.1, -0.05) is 35.4 Å². The first kappa shape index (κ1) is 28.3. The standard InChI is InChI=1S/C20H18O8.2Na/c1-11-3-7-13(8-4-11)19(25)27-15(17(21)22)16(18(23)24)28-20(26)14-9-5-12(2)6-10-14;;/h3-10,15-16H,1-2H3,(H,21,22)(H,23,24);;/q;2*+1/p-2/t15-,16-;;/m1../s1. The van der Waals surface area contributed by atoms with Gasteiger partial charge in [-0.25, -0.2) is 9.59 Å². The van der Waals surface area contributed by atoms with Crippen molar-refractivity contribution in [1.29, 1.82) is 0 Å². The second-order valence-corrected chi connectivity index (χ2v) is 6.02. The zero-order valence-electron chi connectivity index (χ0n) is 17.0. The second-order valence-electron chi connectivity index (χ2n) is 6.02. The van der Waals surface area contributed by atoms with Crippen LogP contribution in [-0.4, -0.2) is 36.1 Å². The maximum atomic E-state index is 12.1. The van der Waals surface area contributed by atoms with Crippen LogP contribution in [0.2, 0.25) is 0 Å². The van der Waals surface area contributed by atoms with E-state index in [9.17, 15) is 29.4 Å². The van der Waals surface area contributed by atoms with Crippen LogP contribution in [0.15, 0.2) is 48.5 Å². The smallest absolute Gasteiger partial charge is 0.546 e. The summed E-state index contributed by atoms with van der Waals surface area (Å²) in [5, 5.41) is 22.7. The van der Waals surface area contributed by atoms with Crippen LogP contribution in [0.25, 0.3) is 0 Å². The van der Waals surface area contributed by atoms with Gasteiger partial charge in [0, 0.05) is 0 Å². The van der Waals surface area contributed by atoms with Crippen LogP contribution >= 0.6 is 0 Å². The number of aryl methyl sites for hydroxylation is 2. The van der Waals surface area contributed by atoms with E-state index in [1.807, 2.05) is 0 Å². The summed E-state index contributed by atoms with van der Waals surface area (Å²) in [6.45, 7) is 3.55. The molecule has 0 bridgehead atoms. The Morgan fingerprint density at radius 2 is 0.900 bits per heavy atom. The Morgan fingerprint density at radius 3 is 1.13 bits per heavy atom. The number of carboxylic acids is 2. The minimum absolute atomic E-state index is 0. The van der Waals surface area contributed by atoms with E-state index in [2.05, 4.69) is 0 Å². The van der Waals surface area contributed by atoms with Gasteiger partial charge in [0.15, 0.2) is 12.2 Å². The number of benzene rings is 2. The van der Waals surface area contributed by atoms with Crippen molar-refractivity contribution >= 4 is 23.9 Å². The van der Waals surface area contributed by atoms with E-state index >= 15 is 0 Å². The van der Waals surface area contributed by atoms with E-state index < -0.39 is 36.1 Å². The van der Waals surface area contributed by atoms with Crippen molar-refractivity contribution in [3.05, 3.63) is 70.8 Å². The topological polar surface area (TPSA) is 133 Å². The van der Waals surface area contributed by atoms with Crippen LogP contribution < -0.4 is 69.3 Å². The third kappa shape index (κ3) is 7.86. The Morgan fingerprint density at radius 1 is 0.633 bits per heavy atom. The van der Waals surface area contributed by atoms with Crippen molar-refractivity contribution in [3.8, 4) is 0 Å². The SMILES string of the molecule is Cc1ccc(C(=O)O[C@@H](C(=O)[O-])[C@@H](OC(=O)c2ccc(C)cc2)C(=O)[O-])cc1.[Na+].[Na+]. The fraction of sp³-hybridized carbons (Fsp3) is 0.200. The Bertz CT molecular complexity index is 819. The molecular formula is C20H16Na2O8. The Balaban J connectivity index is 0.00000420. The molecular weight excluding hydrogens is 414 g/mol. The summed E-state index contributed by atoms with van der Waals surface area (Å²) in [7, 11) is 0. The fourth-order valence-electron chi connectivity index (χ4n) is 2.21. The van der Waals surface area contributed by atoms with Gasteiger partial charge in [-0.3, -0.25) is 0 Å². The Kier molecular flexibility index (Phi) is 12.2. The molecule has 0 aliphatic rings. The summed E-state index contributed by atoms with van der Waals surface area (Å²) in [4.78, 5) is 47.0. The maximum absolute atomic E-state index is 12.1. The Labute approximate surface area is 217 Å². The number of hydrogen-bond acceptors (Lipinski definition) is 8. The molecule has 0 saturated carbocycles. The zero-order valence-corrected chi connectivity index (χ0v) is 21.0. The molecule has 146 valence electrons. The predicted molar refractivity (Wildman–Crippen MR) is 90.8 cm³/mol. The third-order valence-electron chi connectivity index (χ3n) is 3.78. The summed E-state index contributed by atoms with van der Waals surface area (Å²) in [6, 6.07) is 11.8. The first-order valence-electron chi connectivity index (χ1n) is 8.16. The molecule has 0 unspecified atom stereocenters. The van der Waals surface area contributed by atoms with Crippen molar-refractivity contribution in [2.45, 2.75) is 26.1 Å². The summed E-state index contributed by atoms with van der Waals surface area (Å²) in [5.74, 6) is -6.34. The van der Waals surface area contributed by atoms with Crippen molar-refractivity contribution in [2.75, 3.05) is 0 Å². The van der Waals surface area contributed by atoms with E-state index in [4.69, 9.17) is 9.47 Å². The molecule has 2 aromatic carbocycles. The first-order chi connectivity index (χ1) is 13.2. The van der Waals surface area contributed by atoms with Gasteiger partial charge in [-0.15, -0.1) is 0 Å². The number of hydrogen-bond donors (Lipinski definition) is 0. The van der Waals surface area contributed by atoms with Crippen LogP contribution in [0, 0.1) is 13.8 Å². The largest absolute Gasteiger partial charge is 1.00 e. The molecule has 0 N–H and O–H groups in total. The van der Waals surface area contributed by atoms with Gasteiger partial charge < -0.3 is 29.3 Å². The molecule has 0 amide bonds. The van der Waals surface area contributed by atoms with Crippen LogP contribution in [0.1, 0.15) is 31.8 Å². The molecule has 0 aromatic heterocycles. The quantitative estimate of drug-likeness (QED) is 0.313. The summed E-state index contributed by atoms with van der Waals surface area (Å²) in [6.07, 6.45) is -4.79. The molecule has 0 fully saturated rings. The average Bonchev–Trinajstić information content (AvgIpc) is 2.64. The molecule has 0 aliphatic heterocycles. The minimum atomic E-state index is -2.40. The fourth-order valence-corrected chi connectivity index (χ4v) is 2.21. The van der Waals surface area contributed by atoms with E-state index in [-0.39, 0.29) is 70.2 Å². The molecule has 2 rings (SSSR count). The average molecular weight is 430 g/mol. The molecule has 10 heteroatoms. The molecule has 0 heterocycles. The Hall–Kier alpha value is -1.68. The molecule has 0 saturated heterocycles. The molecule has 30 heavy (non-hydrogen) atoms. The number of aliphatic carboxylic acids is 2. The van der Waals surface area contributed by atoms with Crippen molar-refractivity contribution in [3.63, 3.8) is 0 Å². The maximum Gasteiger partial charge on any atom is 1.00 e. The van der Waals surface area contributed by atoms with Gasteiger partial charge in [-0.05, 0) is 38.1 Å². The summed E-state index contributed by atoms with van der Waals surface area (Å²) in [5.41, 5.74) is 1.65. The van der Waals surface area contributed by atoms with Gasteiger partial charge in [0.25, 0.3) is 0 Å². The van der Waals surface area contributed by atoms with Gasteiger partial charge in [0.1, 0.15) is 0 Å². The van der Waals surface area contributed by atoms with E-state index in [1.165, 1.54) is 24.3 Å². The van der Waals surface area contributed by atoms with Crippen molar-refractivity contribution < 1.29 is 98.0 Å². The summed E-state index contributed by atoms with van der Waals surface area (Å²) < 4.78 is 9.44. The van der Waals surface area contributed by atoms with E-state index in [1.54, 1.807) is 38.1 Å². The van der Waals surface area contributed by atoms with Gasteiger partial charge in [-0.2, -0.15) is 0 Å². The molecule has 2 atom stereocenters. The molecule has 0 radical (unpaired) electrons. The number of ether oxygens (including phenoxy) is 2. The number of esters is 2. The van der Waals surface area contributed by atoms with Gasteiger partial charge in [0.05, 0.1) is 23.1 Å². The molecule has 8 nitrogen and oxygen atoms in total. The molecule has 2 aromatic rings.